The highest BCUT2D eigenvalue weighted by molar-refractivity contribution is 7.92. The van der Waals surface area contributed by atoms with Crippen molar-refractivity contribution in [2.45, 2.75) is 26.1 Å². The fourth-order valence-corrected chi connectivity index (χ4v) is 4.01. The van der Waals surface area contributed by atoms with Crippen LogP contribution in [0.15, 0.2) is 54.6 Å². The number of hydrogen-bond acceptors (Lipinski definition) is 4. The number of hydrogen-bond donors (Lipinski definition) is 2. The minimum atomic E-state index is -4.46. The Morgan fingerprint density at radius 2 is 1.71 bits per heavy atom. The molecule has 3 N–H and O–H groups in total. The highest BCUT2D eigenvalue weighted by Crippen LogP contribution is 2.32. The van der Waals surface area contributed by atoms with Gasteiger partial charge in [-0.15, -0.1) is 0 Å². The summed E-state index contributed by atoms with van der Waals surface area (Å²) in [5.41, 5.74) is 0.141. The van der Waals surface area contributed by atoms with Crippen molar-refractivity contribution in [1.82, 2.24) is 5.32 Å². The van der Waals surface area contributed by atoms with E-state index in [1.165, 1.54) is 36.4 Å². The van der Waals surface area contributed by atoms with E-state index in [-0.39, 0.29) is 23.4 Å². The quantitative estimate of drug-likeness (QED) is 0.343. The first-order chi connectivity index (χ1) is 16.3. The average Bonchev–Trinajstić information content (AvgIpc) is 2.77. The van der Waals surface area contributed by atoms with Gasteiger partial charge in [0.15, 0.2) is 0 Å². The number of benzene rings is 3. The molecule has 0 aliphatic carbocycles. The van der Waals surface area contributed by atoms with Crippen molar-refractivity contribution in [3.63, 3.8) is 0 Å². The summed E-state index contributed by atoms with van der Waals surface area (Å²) in [5, 5.41) is 3.61. The number of anilines is 1. The zero-order chi connectivity index (χ0) is 26.0. The number of rotatable bonds is 7. The molecule has 0 heterocycles. The number of ether oxygens (including phenoxy) is 1. The standard InChI is InChI=1S/C24H23F3N2O5S/c1-4-34-23(31)20-13-15(8-10-21(20)29-35(3,32)33)14(2)28-22(30)18-6-5-17-12-19(24(25,26)27)9-7-16(17)11-18/h5-14H,4H2,1-3H3,(H,28,30)(H,29,32,33)/p+1/t14-/m1/s1. The van der Waals surface area contributed by atoms with Gasteiger partial charge in [0.05, 0.1) is 29.5 Å². The molecular formula is C24H24F3N2O5S+. The van der Waals surface area contributed by atoms with Gasteiger partial charge in [-0.05, 0) is 66.6 Å². The Balaban J connectivity index is 1.85. The van der Waals surface area contributed by atoms with E-state index in [9.17, 15) is 31.2 Å². The number of esters is 1. The third-order valence-corrected chi connectivity index (χ3v) is 5.71. The highest BCUT2D eigenvalue weighted by atomic mass is 32.2. The van der Waals surface area contributed by atoms with Crippen LogP contribution in [0.1, 0.15) is 51.7 Å². The predicted molar refractivity (Wildman–Crippen MR) is 127 cm³/mol. The van der Waals surface area contributed by atoms with Crippen LogP contribution in [0.5, 0.6) is 0 Å². The minimum absolute atomic E-state index is 0.0280. The van der Waals surface area contributed by atoms with Crippen molar-refractivity contribution in [2.24, 2.45) is 0 Å². The molecule has 0 aliphatic heterocycles. The lowest BCUT2D eigenvalue weighted by Crippen LogP contribution is -2.27. The summed E-state index contributed by atoms with van der Waals surface area (Å²) in [5.74, 6) is -1.17. The number of nitrogens with one attached hydrogen (secondary N) is 2. The van der Waals surface area contributed by atoms with Gasteiger partial charge in [-0.1, -0.05) is 18.2 Å². The summed E-state index contributed by atoms with van der Waals surface area (Å²) in [6.45, 7) is 3.41. The first-order valence-corrected chi connectivity index (χ1v) is 12.4. The molecule has 0 fully saturated rings. The van der Waals surface area contributed by atoms with E-state index in [2.05, 4.69) is 10.0 Å². The fraction of sp³-hybridized carbons (Fsp3) is 0.250. The maximum atomic E-state index is 12.9. The normalized spacial score (nSPS) is 14.1. The van der Waals surface area contributed by atoms with Crippen LogP contribution < -0.4 is 10.0 Å². The molecular weight excluding hydrogens is 485 g/mol. The molecule has 1 unspecified atom stereocenters. The van der Waals surface area contributed by atoms with E-state index in [0.29, 0.717) is 16.3 Å². The molecule has 0 saturated heterocycles. The van der Waals surface area contributed by atoms with E-state index >= 15 is 0 Å². The van der Waals surface area contributed by atoms with Crippen molar-refractivity contribution < 1.29 is 35.9 Å². The summed E-state index contributed by atoms with van der Waals surface area (Å²) < 4.78 is 67.6. The molecule has 2 atom stereocenters. The van der Waals surface area contributed by atoms with Crippen molar-refractivity contribution in [3.8, 4) is 0 Å². The zero-order valence-corrected chi connectivity index (χ0v) is 19.9. The monoisotopic (exact) mass is 509 g/mol. The molecule has 3 rings (SSSR count). The second-order valence-corrected chi connectivity index (χ2v) is 9.71. The molecule has 0 bridgehead atoms. The van der Waals surface area contributed by atoms with Crippen molar-refractivity contribution in [3.05, 3.63) is 76.9 Å². The molecule has 0 radical (unpaired) electrons. The SMILES string of the molecule is CCOC(=O)c1cc([C@@H](C)NC(=O)c2ccc3cc(C(F)(F)F)ccc3c2)ccc1NS(C)(=O)=[OH+]. The van der Waals surface area contributed by atoms with Crippen molar-refractivity contribution in [1.29, 1.82) is 0 Å². The Hall–Kier alpha value is -3.60. The number of fused-ring (bicyclic) bond motifs is 1. The lowest BCUT2D eigenvalue weighted by atomic mass is 10.0. The summed E-state index contributed by atoms with van der Waals surface area (Å²) in [6.07, 6.45) is -3.40. The molecule has 0 spiro atoms. The Morgan fingerprint density at radius 1 is 1.06 bits per heavy atom. The summed E-state index contributed by atoms with van der Waals surface area (Å²) >= 11 is 0. The van der Waals surface area contributed by atoms with Gasteiger partial charge >= 0.3 is 22.2 Å². The van der Waals surface area contributed by atoms with Gasteiger partial charge in [0.25, 0.3) is 5.91 Å². The summed E-state index contributed by atoms with van der Waals surface area (Å²) in [6, 6.07) is 11.6. The Morgan fingerprint density at radius 3 is 2.34 bits per heavy atom. The molecule has 7 nitrogen and oxygen atoms in total. The van der Waals surface area contributed by atoms with E-state index in [1.54, 1.807) is 19.9 Å². The lowest BCUT2D eigenvalue weighted by Gasteiger charge is -2.17. The largest absolute Gasteiger partial charge is 0.462 e. The maximum Gasteiger partial charge on any atom is 0.416 e. The fourth-order valence-electron chi connectivity index (χ4n) is 3.43. The number of halogens is 3. The van der Waals surface area contributed by atoms with Crippen molar-refractivity contribution >= 4 is 38.4 Å². The van der Waals surface area contributed by atoms with Gasteiger partial charge in [-0.2, -0.15) is 17.4 Å². The molecule has 3 aromatic rings. The van der Waals surface area contributed by atoms with E-state index in [1.807, 2.05) is 0 Å². The zero-order valence-electron chi connectivity index (χ0n) is 19.1. The predicted octanol–water partition coefficient (Wildman–Crippen LogP) is 5.05. The van der Waals surface area contributed by atoms with Crippen LogP contribution in [0.25, 0.3) is 10.8 Å². The summed E-state index contributed by atoms with van der Waals surface area (Å²) in [4.78, 5) is 25.2. The van der Waals surface area contributed by atoms with Gasteiger partial charge in [-0.3, -0.25) is 4.79 Å². The second kappa shape index (κ2) is 9.95. The van der Waals surface area contributed by atoms with Gasteiger partial charge in [-0.25, -0.2) is 13.7 Å². The van der Waals surface area contributed by atoms with Gasteiger partial charge < -0.3 is 10.1 Å². The van der Waals surface area contributed by atoms with Gasteiger partial charge in [0.1, 0.15) is 6.26 Å². The van der Waals surface area contributed by atoms with Crippen LogP contribution in [0.3, 0.4) is 0 Å². The molecule has 0 aromatic heterocycles. The second-order valence-electron chi connectivity index (χ2n) is 7.90. The summed E-state index contributed by atoms with van der Waals surface area (Å²) in [7, 11) is -3.41. The first-order valence-electron chi connectivity index (χ1n) is 10.5. The van der Waals surface area contributed by atoms with E-state index in [0.717, 1.165) is 18.4 Å². The molecule has 35 heavy (non-hydrogen) atoms. The first kappa shape index (κ1) is 26.0. The third-order valence-electron chi connectivity index (χ3n) is 5.12. The van der Waals surface area contributed by atoms with E-state index in [4.69, 9.17) is 4.74 Å². The van der Waals surface area contributed by atoms with E-state index < -0.39 is 39.7 Å². The molecule has 1 amide bonds. The van der Waals surface area contributed by atoms with Crippen LogP contribution >= 0.6 is 0 Å². The van der Waals surface area contributed by atoms with Crippen molar-refractivity contribution in [2.75, 3.05) is 17.6 Å². The number of carbonyl (C=O) groups excluding carboxylic acids is 2. The van der Waals surface area contributed by atoms with Crippen LogP contribution in [0.4, 0.5) is 18.9 Å². The molecule has 0 saturated carbocycles. The number of amides is 1. The van der Waals surface area contributed by atoms with Crippen LogP contribution in [-0.4, -0.2) is 33.2 Å². The molecule has 3 aromatic carbocycles. The average molecular weight is 510 g/mol. The minimum Gasteiger partial charge on any atom is -0.462 e. The smallest absolute Gasteiger partial charge is 0.416 e. The molecule has 186 valence electrons. The van der Waals surface area contributed by atoms with Gasteiger partial charge in [0.2, 0.25) is 0 Å². The highest BCUT2D eigenvalue weighted by Gasteiger charge is 2.30. The number of carbonyl (C=O) groups is 2. The Kier molecular flexibility index (Phi) is 7.39. The topological polar surface area (TPSA) is 106 Å². The van der Waals surface area contributed by atoms with Crippen LogP contribution in [-0.2, 0) is 20.9 Å². The number of alkyl halides is 3. The van der Waals surface area contributed by atoms with Crippen LogP contribution in [0, 0.1) is 0 Å². The lowest BCUT2D eigenvalue weighted by molar-refractivity contribution is -0.137. The Bertz CT molecular complexity index is 1390. The third kappa shape index (κ3) is 6.50. The van der Waals surface area contributed by atoms with Crippen LogP contribution in [0.2, 0.25) is 0 Å². The molecule has 0 aliphatic rings. The van der Waals surface area contributed by atoms with Gasteiger partial charge in [0, 0.05) is 5.56 Å². The molecule has 11 heteroatoms. The Labute approximate surface area is 200 Å². The maximum absolute atomic E-state index is 12.9.